The third-order valence-electron chi connectivity index (χ3n) is 2.17. The van der Waals surface area contributed by atoms with Gasteiger partial charge in [0.2, 0.25) is 0 Å². The molecule has 20 heavy (non-hydrogen) atoms. The Morgan fingerprint density at radius 1 is 1.00 bits per heavy atom. The van der Waals surface area contributed by atoms with Gasteiger partial charge in [0.25, 0.3) is 11.9 Å². The minimum absolute atomic E-state index is 0.143. The lowest BCUT2D eigenvalue weighted by molar-refractivity contribution is -0.446. The van der Waals surface area contributed by atoms with Crippen molar-refractivity contribution in [3.05, 3.63) is 31.9 Å². The number of aromatic nitrogens is 6. The van der Waals surface area contributed by atoms with Crippen LogP contribution in [0.1, 0.15) is 24.5 Å². The van der Waals surface area contributed by atoms with E-state index in [4.69, 9.17) is 0 Å². The van der Waals surface area contributed by atoms with Crippen molar-refractivity contribution in [1.29, 1.82) is 0 Å². The predicted molar refractivity (Wildman–Crippen MR) is 61.5 cm³/mol. The third-order valence-corrected chi connectivity index (χ3v) is 2.17. The molecule has 0 aromatic carbocycles. The molecule has 0 unspecified atom stereocenters. The highest BCUT2D eigenvalue weighted by atomic mass is 16.7. The normalized spacial score (nSPS) is 10.5. The Hall–Kier alpha value is -3.32. The number of nitrogens with one attached hydrogen (secondary N) is 4. The molecule has 106 valence electrons. The maximum atomic E-state index is 10.2. The number of anilines is 2. The summed E-state index contributed by atoms with van der Waals surface area (Å²) in [6, 6.07) is 0. The van der Waals surface area contributed by atoms with Crippen LogP contribution in [0.3, 0.4) is 0 Å². The van der Waals surface area contributed by atoms with Gasteiger partial charge in [-0.05, 0) is 6.92 Å². The van der Waals surface area contributed by atoms with Crippen LogP contribution < -0.4 is 10.9 Å². The molecule has 2 rings (SSSR count). The number of aromatic amines is 2. The Bertz CT molecular complexity index is 579. The molecule has 0 amide bonds. The van der Waals surface area contributed by atoms with Crippen LogP contribution in [-0.4, -0.2) is 40.4 Å². The lowest BCUT2D eigenvalue weighted by atomic mass is 10.1. The van der Waals surface area contributed by atoms with Gasteiger partial charge in [0.1, 0.15) is 0 Å². The van der Waals surface area contributed by atoms with Crippen LogP contribution in [0, 0.1) is 20.2 Å². The molecule has 2 aromatic rings. The van der Waals surface area contributed by atoms with Crippen LogP contribution >= 0.6 is 0 Å². The van der Waals surface area contributed by atoms with Crippen molar-refractivity contribution >= 4 is 11.9 Å². The highest BCUT2D eigenvalue weighted by Crippen LogP contribution is 2.18. The Labute approximate surface area is 109 Å². The van der Waals surface area contributed by atoms with E-state index in [1.165, 1.54) is 0 Å². The van der Waals surface area contributed by atoms with Gasteiger partial charge in [-0.3, -0.25) is 0 Å². The molecule has 0 aliphatic heterocycles. The quantitative estimate of drug-likeness (QED) is 0.388. The highest BCUT2D eigenvalue weighted by Gasteiger charge is 2.20. The summed E-state index contributed by atoms with van der Waals surface area (Å²) in [5.74, 6) is -0.416. The summed E-state index contributed by atoms with van der Waals surface area (Å²) in [4.78, 5) is 28.1. The number of hydrogen-bond donors (Lipinski definition) is 4. The largest absolute Gasteiger partial charge is 0.281 e. The molecule has 2 aromatic heterocycles. The van der Waals surface area contributed by atoms with Crippen molar-refractivity contribution < 1.29 is 10.1 Å². The Morgan fingerprint density at radius 2 is 1.40 bits per heavy atom. The van der Waals surface area contributed by atoms with E-state index in [1.807, 2.05) is 0 Å². The summed E-state index contributed by atoms with van der Waals surface area (Å²) in [6.45, 7) is 1.64. The van der Waals surface area contributed by atoms with Crippen molar-refractivity contribution in [3.63, 3.8) is 0 Å². The molecule has 0 fully saturated rings. The van der Waals surface area contributed by atoms with Crippen molar-refractivity contribution in [2.45, 2.75) is 12.8 Å². The molecule has 14 nitrogen and oxygen atoms in total. The molecule has 0 spiro atoms. The van der Waals surface area contributed by atoms with Crippen LogP contribution in [0.2, 0.25) is 0 Å². The maximum absolute atomic E-state index is 10.2. The second-order valence-electron chi connectivity index (χ2n) is 3.54. The summed E-state index contributed by atoms with van der Waals surface area (Å²) >= 11 is 0. The Balaban J connectivity index is 2.12. The van der Waals surface area contributed by atoms with Crippen molar-refractivity contribution in [2.24, 2.45) is 0 Å². The fourth-order valence-electron chi connectivity index (χ4n) is 1.33. The minimum Gasteiger partial charge on any atom is -0.241 e. The van der Waals surface area contributed by atoms with Gasteiger partial charge in [-0.25, -0.2) is 30.4 Å². The van der Waals surface area contributed by atoms with Crippen LogP contribution in [0.4, 0.5) is 11.9 Å². The molecule has 4 N–H and O–H groups in total. The van der Waals surface area contributed by atoms with E-state index < -0.39 is 16.0 Å². The van der Waals surface area contributed by atoms with Gasteiger partial charge in [0.15, 0.2) is 21.7 Å². The maximum Gasteiger partial charge on any atom is 0.281 e. The molecular weight excluding hydrogens is 276 g/mol. The van der Waals surface area contributed by atoms with E-state index in [9.17, 15) is 20.2 Å². The Morgan fingerprint density at radius 3 is 1.75 bits per heavy atom. The van der Waals surface area contributed by atoms with Crippen LogP contribution in [0.25, 0.3) is 0 Å². The lowest BCUT2D eigenvalue weighted by Gasteiger charge is -1.99. The first-order chi connectivity index (χ1) is 9.45. The summed E-state index contributed by atoms with van der Waals surface area (Å²) in [6.07, 6.45) is 0. The zero-order chi connectivity index (χ0) is 14.7. The van der Waals surface area contributed by atoms with E-state index in [-0.39, 0.29) is 23.5 Å². The van der Waals surface area contributed by atoms with Gasteiger partial charge < -0.3 is 0 Å². The van der Waals surface area contributed by atoms with E-state index in [1.54, 1.807) is 17.8 Å². The topological polar surface area (TPSA) is 193 Å². The van der Waals surface area contributed by atoms with Crippen molar-refractivity contribution in [2.75, 3.05) is 10.9 Å². The molecule has 0 aliphatic rings. The number of hydrazine groups is 2. The number of nitrogens with zero attached hydrogens (tertiary/aromatic N) is 6. The van der Waals surface area contributed by atoms with E-state index in [2.05, 4.69) is 30.4 Å². The summed E-state index contributed by atoms with van der Waals surface area (Å²) < 4.78 is 0. The molecule has 2 heterocycles. The second-order valence-corrected chi connectivity index (χ2v) is 3.54. The average molecular weight is 284 g/mol. The first-order valence-corrected chi connectivity index (χ1v) is 5.12. The van der Waals surface area contributed by atoms with Crippen LogP contribution in [0.15, 0.2) is 0 Å². The number of rotatable bonds is 6. The smallest absolute Gasteiger partial charge is 0.241 e. The number of H-pyrrole nitrogens is 2. The van der Waals surface area contributed by atoms with Gasteiger partial charge in [-0.1, -0.05) is 10.9 Å². The first-order valence-electron chi connectivity index (χ1n) is 5.12. The molecule has 0 bridgehead atoms. The predicted octanol–water partition coefficient (Wildman–Crippen LogP) is -0.718. The zero-order valence-electron chi connectivity index (χ0n) is 9.89. The van der Waals surface area contributed by atoms with Gasteiger partial charge >= 0.3 is 0 Å². The summed E-state index contributed by atoms with van der Waals surface area (Å²) in [5.41, 5.74) is 3.61. The zero-order valence-corrected chi connectivity index (χ0v) is 9.89. The van der Waals surface area contributed by atoms with Gasteiger partial charge in [0, 0.05) is 0 Å². The average Bonchev–Trinajstić information content (AvgIpc) is 2.96. The molecule has 0 aliphatic carbocycles. The molecule has 0 radical (unpaired) electrons. The van der Waals surface area contributed by atoms with Crippen molar-refractivity contribution in [1.82, 2.24) is 30.4 Å². The summed E-state index contributed by atoms with van der Waals surface area (Å²) in [7, 11) is 0. The molecule has 14 heteroatoms. The fraction of sp³-hybridized carbons (Fsp3) is 0.333. The van der Waals surface area contributed by atoms with Gasteiger partial charge in [0.05, 0.1) is 5.92 Å². The number of nitro groups is 2. The molecule has 0 saturated carbocycles. The minimum atomic E-state index is -0.791. The van der Waals surface area contributed by atoms with E-state index in [0.29, 0.717) is 0 Å². The second kappa shape index (κ2) is 5.12. The third kappa shape index (κ3) is 2.92. The monoisotopic (exact) mass is 284 g/mol. The van der Waals surface area contributed by atoms with Gasteiger partial charge in [-0.2, -0.15) is 20.2 Å². The molecule has 0 saturated heterocycles. The standard InChI is InChI=1S/C6H8N10O4/c1-2(3-7-5(11-9-3)13-15(17)18)4-8-6(12-10-4)14-16(19)20/h2H,1H3,(H2,7,9,11,13)(H2,8,10,12,14). The summed E-state index contributed by atoms with van der Waals surface area (Å²) in [5, 5.41) is 31.1. The molecular formula is C6H8N10O4. The number of hydrogen-bond acceptors (Lipinski definition) is 8. The molecule has 0 atom stereocenters. The fourth-order valence-corrected chi connectivity index (χ4v) is 1.33. The van der Waals surface area contributed by atoms with Crippen LogP contribution in [-0.2, 0) is 0 Å². The van der Waals surface area contributed by atoms with E-state index in [0.717, 1.165) is 0 Å². The van der Waals surface area contributed by atoms with Crippen LogP contribution in [0.5, 0.6) is 0 Å². The van der Waals surface area contributed by atoms with E-state index >= 15 is 0 Å². The SMILES string of the molecule is CC(c1n[nH]c(N[N+](=O)[O-])n1)c1n[nH]c(N[N+](=O)[O-])n1. The van der Waals surface area contributed by atoms with Crippen molar-refractivity contribution in [3.8, 4) is 0 Å². The van der Waals surface area contributed by atoms with Gasteiger partial charge in [-0.15, -0.1) is 0 Å². The highest BCUT2D eigenvalue weighted by molar-refractivity contribution is 5.24. The first kappa shape index (κ1) is 13.1. The lowest BCUT2D eigenvalue weighted by Crippen LogP contribution is -2.09. The Kier molecular flexibility index (Phi) is 3.36.